The summed E-state index contributed by atoms with van der Waals surface area (Å²) in [5, 5.41) is 14.1. The smallest absolute Gasteiger partial charge is 0.282 e. The van der Waals surface area contributed by atoms with Crippen LogP contribution >= 0.6 is 33.9 Å². The van der Waals surface area contributed by atoms with Gasteiger partial charge in [0.2, 0.25) is 0 Å². The number of nitro benzene ring substituents is 1. The van der Waals surface area contributed by atoms with Gasteiger partial charge in [0.15, 0.2) is 0 Å². The zero-order valence-electron chi connectivity index (χ0n) is 10.5. The molecule has 19 heavy (non-hydrogen) atoms. The van der Waals surface area contributed by atoms with Crippen LogP contribution in [-0.2, 0) is 0 Å². The zero-order chi connectivity index (χ0) is 14.0. The molecule has 0 radical (unpaired) electrons. The van der Waals surface area contributed by atoms with Crippen molar-refractivity contribution in [3.05, 3.63) is 53.8 Å². The summed E-state index contributed by atoms with van der Waals surface area (Å²) in [6.07, 6.45) is 0. The minimum absolute atomic E-state index is 0.144. The number of anilines is 1. The Hall–Kier alpha value is -1.15. The van der Waals surface area contributed by atoms with Crippen LogP contribution in [0.1, 0.15) is 22.7 Å². The molecule has 0 saturated carbocycles. The van der Waals surface area contributed by atoms with Crippen LogP contribution in [0.25, 0.3) is 0 Å². The number of benzene rings is 1. The van der Waals surface area contributed by atoms with Crippen LogP contribution in [0, 0.1) is 20.6 Å². The third-order valence-electron chi connectivity index (χ3n) is 2.72. The molecule has 1 aromatic carbocycles. The van der Waals surface area contributed by atoms with Crippen molar-refractivity contribution in [3.63, 3.8) is 0 Å². The molecular formula is C13H13IN2O2S. The number of hydrogen-bond donors (Lipinski definition) is 1. The fourth-order valence-corrected chi connectivity index (χ4v) is 3.34. The number of nitro groups is 1. The Morgan fingerprint density at radius 1 is 1.37 bits per heavy atom. The van der Waals surface area contributed by atoms with Gasteiger partial charge in [0.1, 0.15) is 0 Å². The van der Waals surface area contributed by atoms with E-state index in [0.29, 0.717) is 3.57 Å². The third-order valence-corrected chi connectivity index (χ3v) is 4.76. The van der Waals surface area contributed by atoms with Crippen LogP contribution in [0.4, 0.5) is 11.4 Å². The minimum atomic E-state index is -0.363. The number of hydrogen-bond acceptors (Lipinski definition) is 4. The van der Waals surface area contributed by atoms with Gasteiger partial charge in [0.05, 0.1) is 14.5 Å². The molecule has 1 aromatic heterocycles. The number of aryl methyl sites for hydroxylation is 1. The lowest BCUT2D eigenvalue weighted by Crippen LogP contribution is -2.05. The highest BCUT2D eigenvalue weighted by Crippen LogP contribution is 2.29. The maximum atomic E-state index is 10.8. The predicted molar refractivity (Wildman–Crippen MR) is 86.9 cm³/mol. The summed E-state index contributed by atoms with van der Waals surface area (Å²) in [7, 11) is 0. The molecule has 1 atom stereocenters. The van der Waals surface area contributed by atoms with E-state index in [1.165, 1.54) is 15.8 Å². The lowest BCUT2D eigenvalue weighted by Gasteiger charge is -2.13. The summed E-state index contributed by atoms with van der Waals surface area (Å²) in [6.45, 7) is 4.16. The van der Waals surface area contributed by atoms with E-state index in [4.69, 9.17) is 0 Å². The molecule has 0 amide bonds. The van der Waals surface area contributed by atoms with Crippen LogP contribution in [0.2, 0.25) is 0 Å². The predicted octanol–water partition coefficient (Wildman–Crippen LogP) is 4.74. The number of rotatable bonds is 4. The summed E-state index contributed by atoms with van der Waals surface area (Å²) in [6, 6.07) is 9.48. The Labute approximate surface area is 129 Å². The van der Waals surface area contributed by atoms with Crippen molar-refractivity contribution in [2.24, 2.45) is 0 Å². The van der Waals surface area contributed by atoms with Gasteiger partial charge < -0.3 is 5.32 Å². The van der Waals surface area contributed by atoms with E-state index in [-0.39, 0.29) is 16.7 Å². The Morgan fingerprint density at radius 2 is 2.11 bits per heavy atom. The van der Waals surface area contributed by atoms with Gasteiger partial charge >= 0.3 is 0 Å². The Bertz CT molecular complexity index is 612. The largest absolute Gasteiger partial charge is 0.378 e. The van der Waals surface area contributed by atoms with Crippen molar-refractivity contribution >= 4 is 45.3 Å². The first-order valence-corrected chi connectivity index (χ1v) is 7.63. The molecule has 1 unspecified atom stereocenters. The summed E-state index contributed by atoms with van der Waals surface area (Å²) in [4.78, 5) is 12.9. The van der Waals surface area contributed by atoms with E-state index in [2.05, 4.69) is 31.3 Å². The van der Waals surface area contributed by atoms with Crippen molar-refractivity contribution in [3.8, 4) is 0 Å². The molecular weight excluding hydrogens is 375 g/mol. The lowest BCUT2D eigenvalue weighted by molar-refractivity contribution is -0.385. The standard InChI is InChI=1S/C13H13IN2O2S/c1-8-3-6-13(19-8)9(2)15-10-4-5-12(16(17)18)11(14)7-10/h3-7,9,15H,1-2H3. The minimum Gasteiger partial charge on any atom is -0.378 e. The molecule has 4 nitrogen and oxygen atoms in total. The summed E-state index contributed by atoms with van der Waals surface area (Å²) in [5.41, 5.74) is 1.04. The first-order chi connectivity index (χ1) is 8.97. The van der Waals surface area contributed by atoms with Crippen molar-refractivity contribution in [1.82, 2.24) is 0 Å². The van der Waals surface area contributed by atoms with Crippen molar-refractivity contribution in [1.29, 1.82) is 0 Å². The molecule has 1 heterocycles. The van der Waals surface area contributed by atoms with Crippen LogP contribution in [0.3, 0.4) is 0 Å². The number of thiophene rings is 1. The maximum absolute atomic E-state index is 10.8. The Balaban J connectivity index is 2.15. The normalized spacial score (nSPS) is 12.2. The Morgan fingerprint density at radius 3 is 2.63 bits per heavy atom. The van der Waals surface area contributed by atoms with Gasteiger partial charge in [-0.3, -0.25) is 10.1 Å². The summed E-state index contributed by atoms with van der Waals surface area (Å²) < 4.78 is 0.641. The van der Waals surface area contributed by atoms with Gasteiger partial charge in [-0.25, -0.2) is 0 Å². The molecule has 0 aliphatic heterocycles. The molecule has 6 heteroatoms. The van der Waals surface area contributed by atoms with Crippen molar-refractivity contribution < 1.29 is 4.92 Å². The lowest BCUT2D eigenvalue weighted by atomic mass is 10.2. The molecule has 2 rings (SSSR count). The summed E-state index contributed by atoms with van der Waals surface area (Å²) in [5.74, 6) is 0. The molecule has 0 aliphatic rings. The molecule has 0 fully saturated rings. The van der Waals surface area contributed by atoms with Gasteiger partial charge in [0, 0.05) is 21.5 Å². The van der Waals surface area contributed by atoms with E-state index in [0.717, 1.165) is 5.69 Å². The molecule has 0 aliphatic carbocycles. The highest BCUT2D eigenvalue weighted by molar-refractivity contribution is 14.1. The average molecular weight is 388 g/mol. The molecule has 2 aromatic rings. The molecule has 0 saturated heterocycles. The van der Waals surface area contributed by atoms with E-state index in [1.54, 1.807) is 23.5 Å². The van der Waals surface area contributed by atoms with Crippen LogP contribution < -0.4 is 5.32 Å². The van der Waals surface area contributed by atoms with E-state index < -0.39 is 0 Å². The highest BCUT2D eigenvalue weighted by atomic mass is 127. The van der Waals surface area contributed by atoms with Gasteiger partial charge in [-0.2, -0.15) is 0 Å². The fraction of sp³-hybridized carbons (Fsp3) is 0.231. The average Bonchev–Trinajstić information content (AvgIpc) is 2.75. The summed E-state index contributed by atoms with van der Waals surface area (Å²) >= 11 is 3.74. The van der Waals surface area contributed by atoms with Gasteiger partial charge in [-0.05, 0) is 60.7 Å². The van der Waals surface area contributed by atoms with E-state index in [1.807, 2.05) is 22.6 Å². The van der Waals surface area contributed by atoms with Crippen LogP contribution in [0.15, 0.2) is 30.3 Å². The topological polar surface area (TPSA) is 55.2 Å². The quantitative estimate of drug-likeness (QED) is 0.468. The number of nitrogens with zero attached hydrogens (tertiary/aromatic N) is 1. The molecule has 1 N–H and O–H groups in total. The monoisotopic (exact) mass is 388 g/mol. The number of halogens is 1. The van der Waals surface area contributed by atoms with E-state index in [9.17, 15) is 10.1 Å². The van der Waals surface area contributed by atoms with Gasteiger partial charge in [-0.1, -0.05) is 0 Å². The molecule has 0 spiro atoms. The van der Waals surface area contributed by atoms with E-state index >= 15 is 0 Å². The third kappa shape index (κ3) is 3.44. The molecule has 100 valence electrons. The highest BCUT2D eigenvalue weighted by Gasteiger charge is 2.13. The van der Waals surface area contributed by atoms with Crippen LogP contribution in [-0.4, -0.2) is 4.92 Å². The first kappa shape index (κ1) is 14.3. The van der Waals surface area contributed by atoms with Crippen molar-refractivity contribution in [2.45, 2.75) is 19.9 Å². The second-order valence-electron chi connectivity index (χ2n) is 4.24. The first-order valence-electron chi connectivity index (χ1n) is 5.74. The maximum Gasteiger partial charge on any atom is 0.282 e. The van der Waals surface area contributed by atoms with Gasteiger partial charge in [0.25, 0.3) is 5.69 Å². The Kier molecular flexibility index (Phi) is 4.41. The van der Waals surface area contributed by atoms with Crippen molar-refractivity contribution in [2.75, 3.05) is 5.32 Å². The zero-order valence-corrected chi connectivity index (χ0v) is 13.5. The van der Waals surface area contributed by atoms with Gasteiger partial charge in [-0.15, -0.1) is 11.3 Å². The van der Waals surface area contributed by atoms with Crippen LogP contribution in [0.5, 0.6) is 0 Å². The second kappa shape index (κ2) is 5.87. The number of nitrogens with one attached hydrogen (secondary N) is 1. The molecule has 0 bridgehead atoms. The SMILES string of the molecule is Cc1ccc(C(C)Nc2ccc([N+](=O)[O-])c(I)c2)s1. The second-order valence-corrected chi connectivity index (χ2v) is 6.72. The fourth-order valence-electron chi connectivity index (χ4n) is 1.75.